The van der Waals surface area contributed by atoms with Crippen LogP contribution in [0.3, 0.4) is 0 Å². The highest BCUT2D eigenvalue weighted by molar-refractivity contribution is 9.10. The van der Waals surface area contributed by atoms with E-state index >= 15 is 0 Å². The van der Waals surface area contributed by atoms with Gasteiger partial charge in [0.05, 0.1) is 0 Å². The third kappa shape index (κ3) is 3.24. The van der Waals surface area contributed by atoms with Gasteiger partial charge in [-0.05, 0) is 30.2 Å². The maximum absolute atomic E-state index is 12.4. The largest absolute Gasteiger partial charge is 0.337 e. The normalized spacial score (nSPS) is 10.3. The van der Waals surface area contributed by atoms with Crippen molar-refractivity contribution in [3.8, 4) is 0 Å². The second kappa shape index (κ2) is 6.02. The van der Waals surface area contributed by atoms with Crippen molar-refractivity contribution in [2.75, 3.05) is 7.05 Å². The van der Waals surface area contributed by atoms with Crippen LogP contribution >= 0.6 is 15.9 Å². The van der Waals surface area contributed by atoms with Crippen molar-refractivity contribution in [1.29, 1.82) is 0 Å². The fourth-order valence-electron chi connectivity index (χ4n) is 1.97. The summed E-state index contributed by atoms with van der Waals surface area (Å²) in [7, 11) is 1.83. The van der Waals surface area contributed by atoms with E-state index in [1.165, 1.54) is 0 Å². The number of hydrogen-bond acceptors (Lipinski definition) is 1. The minimum Gasteiger partial charge on any atom is -0.337 e. The Balaban J connectivity index is 2.17. The lowest BCUT2D eigenvalue weighted by Crippen LogP contribution is -2.26. The lowest BCUT2D eigenvalue weighted by Gasteiger charge is -2.19. The van der Waals surface area contributed by atoms with E-state index < -0.39 is 0 Å². The fraction of sp³-hybridized carbons (Fsp3) is 0.188. The molecule has 0 atom stereocenters. The monoisotopic (exact) mass is 317 g/mol. The van der Waals surface area contributed by atoms with Crippen LogP contribution in [0, 0.1) is 6.92 Å². The number of amides is 1. The Hall–Kier alpha value is -1.61. The second-order valence-corrected chi connectivity index (χ2v) is 5.42. The van der Waals surface area contributed by atoms with E-state index in [1.54, 1.807) is 4.90 Å². The summed E-state index contributed by atoms with van der Waals surface area (Å²) in [4.78, 5) is 14.1. The molecule has 2 nitrogen and oxygen atoms in total. The zero-order chi connectivity index (χ0) is 13.8. The van der Waals surface area contributed by atoms with Gasteiger partial charge in [0.2, 0.25) is 0 Å². The lowest BCUT2D eigenvalue weighted by atomic mass is 10.1. The minimum atomic E-state index is 0.0499. The van der Waals surface area contributed by atoms with E-state index in [1.807, 2.05) is 62.5 Å². The number of nitrogens with zero attached hydrogens (tertiary/aromatic N) is 1. The molecule has 0 spiro atoms. The molecule has 0 aliphatic heterocycles. The zero-order valence-corrected chi connectivity index (χ0v) is 12.6. The quantitative estimate of drug-likeness (QED) is 0.837. The molecule has 1 amide bonds. The smallest absolute Gasteiger partial charge is 0.254 e. The Morgan fingerprint density at radius 3 is 2.42 bits per heavy atom. The predicted octanol–water partition coefficient (Wildman–Crippen LogP) is 4.03. The summed E-state index contributed by atoms with van der Waals surface area (Å²) < 4.78 is 1.03. The van der Waals surface area contributed by atoms with Crippen LogP contribution in [0.2, 0.25) is 0 Å². The van der Waals surface area contributed by atoms with Crippen LogP contribution in [-0.4, -0.2) is 17.9 Å². The highest BCUT2D eigenvalue weighted by atomic mass is 79.9. The van der Waals surface area contributed by atoms with Crippen LogP contribution in [0.4, 0.5) is 0 Å². The molecule has 0 unspecified atom stereocenters. The first-order valence-corrected chi connectivity index (χ1v) is 6.93. The van der Waals surface area contributed by atoms with Crippen molar-refractivity contribution in [2.45, 2.75) is 13.5 Å². The molecule has 3 heteroatoms. The Bertz CT molecular complexity index is 595. The number of carbonyl (C=O) groups excluding carboxylic acids is 1. The van der Waals surface area contributed by atoms with Gasteiger partial charge in [-0.3, -0.25) is 4.79 Å². The minimum absolute atomic E-state index is 0.0499. The molecular formula is C16H16BrNO. The first kappa shape index (κ1) is 13.8. The Morgan fingerprint density at radius 1 is 1.11 bits per heavy atom. The van der Waals surface area contributed by atoms with Gasteiger partial charge < -0.3 is 4.90 Å². The van der Waals surface area contributed by atoms with Crippen LogP contribution in [0.25, 0.3) is 0 Å². The molecule has 19 heavy (non-hydrogen) atoms. The van der Waals surface area contributed by atoms with Gasteiger partial charge in [-0.1, -0.05) is 52.3 Å². The maximum atomic E-state index is 12.4. The highest BCUT2D eigenvalue weighted by Crippen LogP contribution is 2.18. The first-order chi connectivity index (χ1) is 9.09. The van der Waals surface area contributed by atoms with Crippen molar-refractivity contribution in [1.82, 2.24) is 4.90 Å². The molecule has 0 heterocycles. The number of rotatable bonds is 3. The van der Waals surface area contributed by atoms with E-state index in [4.69, 9.17) is 0 Å². The predicted molar refractivity (Wildman–Crippen MR) is 81.1 cm³/mol. The summed E-state index contributed by atoms with van der Waals surface area (Å²) >= 11 is 3.51. The van der Waals surface area contributed by atoms with Crippen LogP contribution in [0.1, 0.15) is 21.5 Å². The van der Waals surface area contributed by atoms with Gasteiger partial charge in [0.25, 0.3) is 5.91 Å². The number of benzene rings is 2. The molecule has 0 aromatic heterocycles. The molecule has 2 aromatic carbocycles. The van der Waals surface area contributed by atoms with Gasteiger partial charge in [-0.2, -0.15) is 0 Å². The SMILES string of the molecule is Cc1ccccc1C(=O)N(C)Cc1ccccc1Br. The van der Waals surface area contributed by atoms with Gasteiger partial charge in [0.1, 0.15) is 0 Å². The molecule has 0 N–H and O–H groups in total. The third-order valence-electron chi connectivity index (χ3n) is 3.09. The molecule has 0 bridgehead atoms. The molecule has 0 fully saturated rings. The zero-order valence-electron chi connectivity index (χ0n) is 11.1. The molecule has 2 aromatic rings. The summed E-state index contributed by atoms with van der Waals surface area (Å²) in [6.45, 7) is 2.55. The summed E-state index contributed by atoms with van der Waals surface area (Å²) in [5.74, 6) is 0.0499. The van der Waals surface area contributed by atoms with Gasteiger partial charge in [-0.25, -0.2) is 0 Å². The Labute approximate surface area is 122 Å². The number of aryl methyl sites for hydroxylation is 1. The molecule has 0 aliphatic carbocycles. The number of carbonyl (C=O) groups is 1. The Kier molecular flexibility index (Phi) is 4.38. The highest BCUT2D eigenvalue weighted by Gasteiger charge is 2.14. The maximum Gasteiger partial charge on any atom is 0.254 e. The summed E-state index contributed by atoms with van der Waals surface area (Å²) in [6, 6.07) is 15.6. The van der Waals surface area contributed by atoms with Crippen molar-refractivity contribution in [2.24, 2.45) is 0 Å². The van der Waals surface area contributed by atoms with Crippen LogP contribution < -0.4 is 0 Å². The van der Waals surface area contributed by atoms with E-state index in [0.717, 1.165) is 21.2 Å². The molecule has 2 rings (SSSR count). The number of hydrogen-bond donors (Lipinski definition) is 0. The van der Waals surface area contributed by atoms with Gasteiger partial charge in [-0.15, -0.1) is 0 Å². The molecule has 0 radical (unpaired) electrons. The van der Waals surface area contributed by atoms with Crippen molar-refractivity contribution < 1.29 is 4.79 Å². The molecule has 98 valence electrons. The topological polar surface area (TPSA) is 20.3 Å². The van der Waals surface area contributed by atoms with Crippen molar-refractivity contribution >= 4 is 21.8 Å². The standard InChI is InChI=1S/C16H16BrNO/c1-12-7-3-5-9-14(12)16(19)18(2)11-13-8-4-6-10-15(13)17/h3-10H,11H2,1-2H3. The van der Waals surface area contributed by atoms with Gasteiger partial charge in [0, 0.05) is 23.6 Å². The molecular weight excluding hydrogens is 302 g/mol. The summed E-state index contributed by atoms with van der Waals surface area (Å²) in [5, 5.41) is 0. The average Bonchev–Trinajstić information content (AvgIpc) is 2.41. The molecule has 0 saturated heterocycles. The van der Waals surface area contributed by atoms with Crippen LogP contribution in [0.5, 0.6) is 0 Å². The lowest BCUT2D eigenvalue weighted by molar-refractivity contribution is 0.0784. The average molecular weight is 318 g/mol. The molecule has 0 aliphatic rings. The van der Waals surface area contributed by atoms with E-state index in [0.29, 0.717) is 6.54 Å². The van der Waals surface area contributed by atoms with Gasteiger partial charge in [0.15, 0.2) is 0 Å². The summed E-state index contributed by atoms with van der Waals surface area (Å²) in [6.07, 6.45) is 0. The van der Waals surface area contributed by atoms with Crippen LogP contribution in [-0.2, 0) is 6.54 Å². The third-order valence-corrected chi connectivity index (χ3v) is 3.86. The van der Waals surface area contributed by atoms with Gasteiger partial charge >= 0.3 is 0 Å². The fourth-order valence-corrected chi connectivity index (χ4v) is 2.38. The Morgan fingerprint density at radius 2 is 1.74 bits per heavy atom. The summed E-state index contributed by atoms with van der Waals surface area (Å²) in [5.41, 5.74) is 2.87. The first-order valence-electron chi connectivity index (χ1n) is 6.14. The van der Waals surface area contributed by atoms with Crippen LogP contribution in [0.15, 0.2) is 53.0 Å². The van der Waals surface area contributed by atoms with E-state index in [-0.39, 0.29) is 5.91 Å². The second-order valence-electron chi connectivity index (χ2n) is 4.57. The van der Waals surface area contributed by atoms with Crippen molar-refractivity contribution in [3.63, 3.8) is 0 Å². The number of halogens is 1. The van der Waals surface area contributed by atoms with E-state index in [9.17, 15) is 4.79 Å². The van der Waals surface area contributed by atoms with E-state index in [2.05, 4.69) is 15.9 Å². The van der Waals surface area contributed by atoms with Crippen molar-refractivity contribution in [3.05, 3.63) is 69.7 Å². The molecule has 0 saturated carbocycles.